The highest BCUT2D eigenvalue weighted by atomic mass is 16.6. The van der Waals surface area contributed by atoms with E-state index in [0.717, 1.165) is 9.80 Å². The Morgan fingerprint density at radius 1 is 0.368 bits per heavy atom. The van der Waals surface area contributed by atoms with Crippen LogP contribution in [0.2, 0.25) is 0 Å². The van der Waals surface area contributed by atoms with Crippen LogP contribution in [0.1, 0.15) is 183 Å². The molecule has 0 aromatic heterocycles. The molecule has 0 atom stereocenters. The number of carbonyl (C=O) groups is 6. The van der Waals surface area contributed by atoms with Crippen LogP contribution in [0, 0.1) is 0 Å². The van der Waals surface area contributed by atoms with Gasteiger partial charge in [0.1, 0.15) is 50.6 Å². The van der Waals surface area contributed by atoms with E-state index in [9.17, 15) is 28.8 Å². The van der Waals surface area contributed by atoms with E-state index < -0.39 is 86.3 Å². The number of nitrogens with one attached hydrogen (secondary N) is 4. The summed E-state index contributed by atoms with van der Waals surface area (Å²) in [5.41, 5.74) is -2.26. The van der Waals surface area contributed by atoms with Gasteiger partial charge in [-0.15, -0.1) is 0 Å². The predicted octanol–water partition coefficient (Wildman–Crippen LogP) is 5.98. The third kappa shape index (κ3) is 16.5. The highest BCUT2D eigenvalue weighted by molar-refractivity contribution is 6.01. The summed E-state index contributed by atoms with van der Waals surface area (Å²) >= 11 is 0. The molecule has 0 bridgehead atoms. The van der Waals surface area contributed by atoms with Crippen LogP contribution in [-0.4, -0.2) is 140 Å². The van der Waals surface area contributed by atoms with Crippen molar-refractivity contribution >= 4 is 35.7 Å². The van der Waals surface area contributed by atoms with E-state index in [0.29, 0.717) is 51.4 Å². The highest BCUT2D eigenvalue weighted by Crippen LogP contribution is 2.34. The number of hydrogen-bond donors (Lipinski definition) is 4. The van der Waals surface area contributed by atoms with Gasteiger partial charge in [0.05, 0.1) is 0 Å². The van der Waals surface area contributed by atoms with E-state index in [-0.39, 0.29) is 55.4 Å². The average molecular weight is 953 g/mol. The van der Waals surface area contributed by atoms with Gasteiger partial charge < -0.3 is 50.0 Å². The molecule has 5 rings (SSSR count). The summed E-state index contributed by atoms with van der Waals surface area (Å²) in [7, 11) is 0. The lowest BCUT2D eigenvalue weighted by atomic mass is 9.81. The molecule has 2 amide bonds. The fourth-order valence-electron chi connectivity index (χ4n) is 12.3. The molecular formula is C52H84N6O10. The zero-order chi connectivity index (χ0) is 51.1. The van der Waals surface area contributed by atoms with Gasteiger partial charge in [0, 0.05) is 107 Å². The molecule has 4 fully saturated rings. The molecule has 4 aliphatic rings. The van der Waals surface area contributed by atoms with Crippen molar-refractivity contribution in [2.24, 2.45) is 0 Å². The first kappa shape index (κ1) is 54.8. The van der Waals surface area contributed by atoms with Crippen LogP contribution < -0.4 is 21.3 Å². The minimum Gasteiger partial charge on any atom is -0.461 e. The molecule has 0 saturated carbocycles. The van der Waals surface area contributed by atoms with Crippen molar-refractivity contribution in [1.29, 1.82) is 0 Å². The Morgan fingerprint density at radius 2 is 0.529 bits per heavy atom. The zero-order valence-corrected chi connectivity index (χ0v) is 44.1. The molecule has 0 spiro atoms. The van der Waals surface area contributed by atoms with Crippen molar-refractivity contribution in [3.63, 3.8) is 0 Å². The van der Waals surface area contributed by atoms with Crippen molar-refractivity contribution in [3.8, 4) is 0 Å². The largest absolute Gasteiger partial charge is 0.461 e. The molecule has 0 radical (unpaired) electrons. The Balaban J connectivity index is 1.36. The van der Waals surface area contributed by atoms with Gasteiger partial charge in [0.2, 0.25) is 0 Å². The van der Waals surface area contributed by atoms with Crippen LogP contribution in [-0.2, 0) is 38.1 Å². The molecule has 16 nitrogen and oxygen atoms in total. The first-order valence-corrected chi connectivity index (χ1v) is 24.5. The second-order valence-corrected chi connectivity index (χ2v) is 25.6. The number of benzene rings is 1. The molecule has 4 aliphatic heterocycles. The zero-order valence-electron chi connectivity index (χ0n) is 44.1. The molecule has 68 heavy (non-hydrogen) atoms. The van der Waals surface area contributed by atoms with Crippen LogP contribution in [0.3, 0.4) is 0 Å². The Labute approximate surface area is 405 Å². The second-order valence-electron chi connectivity index (χ2n) is 25.6. The van der Waals surface area contributed by atoms with E-state index in [4.69, 9.17) is 18.9 Å². The van der Waals surface area contributed by atoms with Crippen molar-refractivity contribution in [3.05, 3.63) is 35.4 Å². The van der Waals surface area contributed by atoms with Crippen molar-refractivity contribution in [2.45, 2.75) is 231 Å². The topological polar surface area (TPSA) is 194 Å². The molecule has 0 unspecified atom stereocenters. The van der Waals surface area contributed by atoms with Crippen LogP contribution in [0.4, 0.5) is 0 Å². The number of nitrogens with zero attached hydrogens (tertiary/aromatic N) is 2. The summed E-state index contributed by atoms with van der Waals surface area (Å²) in [4.78, 5) is 85.6. The van der Waals surface area contributed by atoms with Crippen LogP contribution in [0.15, 0.2) is 24.3 Å². The van der Waals surface area contributed by atoms with Crippen molar-refractivity contribution < 1.29 is 47.7 Å². The van der Waals surface area contributed by atoms with Gasteiger partial charge in [-0.05, 0) is 135 Å². The molecule has 0 aliphatic carbocycles. The SMILES string of the molecule is CC1(C)CC(OC(=O)CN(CC(=O)OC2CC(C)(C)NC(C)(C)C2)C(=O)c2ccc(C(=O)N(CC(=O)OC3CC(C)(C)NC(C)(C)C3)CC(=O)OC3CC(C)(C)NC(C)(C)C3)cc2)CC(C)(C)N1. The third-order valence-corrected chi connectivity index (χ3v) is 13.0. The van der Waals surface area contributed by atoms with E-state index in [2.05, 4.69) is 21.3 Å². The minimum atomic E-state index is -0.664. The Morgan fingerprint density at radius 3 is 0.691 bits per heavy atom. The Kier molecular flexibility index (Phi) is 16.1. The monoisotopic (exact) mass is 953 g/mol. The number of carbonyl (C=O) groups excluding carboxylic acids is 6. The number of amides is 2. The van der Waals surface area contributed by atoms with E-state index in [1.165, 1.54) is 24.3 Å². The summed E-state index contributed by atoms with van der Waals surface area (Å²) in [6, 6.07) is 5.68. The van der Waals surface area contributed by atoms with Gasteiger partial charge in [-0.25, -0.2) is 0 Å². The molecular weight excluding hydrogens is 869 g/mol. The maximum atomic E-state index is 14.3. The minimum absolute atomic E-state index is 0.0908. The van der Waals surface area contributed by atoms with Crippen LogP contribution in [0.25, 0.3) is 0 Å². The van der Waals surface area contributed by atoms with E-state index in [1.54, 1.807) is 0 Å². The molecule has 4 N–H and O–H groups in total. The molecule has 1 aromatic carbocycles. The van der Waals surface area contributed by atoms with Gasteiger partial charge in [-0.1, -0.05) is 0 Å². The first-order chi connectivity index (χ1) is 30.9. The molecule has 16 heteroatoms. The number of rotatable bonds is 14. The molecule has 382 valence electrons. The number of ether oxygens (including phenoxy) is 4. The van der Waals surface area contributed by atoms with Crippen molar-refractivity contribution in [1.82, 2.24) is 31.1 Å². The maximum absolute atomic E-state index is 14.3. The molecule has 4 heterocycles. The highest BCUT2D eigenvalue weighted by Gasteiger charge is 2.44. The average Bonchev–Trinajstić information content (AvgIpc) is 3.08. The fraction of sp³-hybridized carbons (Fsp3) is 0.769. The lowest BCUT2D eigenvalue weighted by Crippen LogP contribution is -2.60. The molecule has 4 saturated heterocycles. The van der Waals surface area contributed by atoms with Gasteiger partial charge >= 0.3 is 23.9 Å². The number of piperidine rings is 4. The van der Waals surface area contributed by atoms with Gasteiger partial charge in [-0.3, -0.25) is 28.8 Å². The summed E-state index contributed by atoms with van der Waals surface area (Å²) in [5, 5.41) is 14.3. The Hall–Kier alpha value is -4.12. The van der Waals surface area contributed by atoms with Gasteiger partial charge in [0.25, 0.3) is 11.8 Å². The number of hydrogen-bond acceptors (Lipinski definition) is 14. The predicted molar refractivity (Wildman–Crippen MR) is 260 cm³/mol. The summed E-state index contributed by atoms with van der Waals surface area (Å²) in [6.45, 7) is 30.6. The van der Waals surface area contributed by atoms with Crippen LogP contribution in [0.5, 0.6) is 0 Å². The Bertz CT molecular complexity index is 1730. The van der Waals surface area contributed by atoms with Crippen molar-refractivity contribution in [2.75, 3.05) is 26.2 Å². The fourth-order valence-corrected chi connectivity index (χ4v) is 12.3. The summed E-state index contributed by atoms with van der Waals surface area (Å²) < 4.78 is 23.9. The van der Waals surface area contributed by atoms with E-state index in [1.807, 2.05) is 111 Å². The van der Waals surface area contributed by atoms with Gasteiger partial charge in [-0.2, -0.15) is 0 Å². The number of esters is 4. The normalized spacial score (nSPS) is 23.9. The second kappa shape index (κ2) is 19.9. The lowest BCUT2D eigenvalue weighted by molar-refractivity contribution is -0.159. The van der Waals surface area contributed by atoms with Gasteiger partial charge in [0.15, 0.2) is 0 Å². The quantitative estimate of drug-likeness (QED) is 0.126. The van der Waals surface area contributed by atoms with E-state index >= 15 is 0 Å². The summed E-state index contributed by atoms with van der Waals surface area (Å²) in [5.74, 6) is -3.96. The summed E-state index contributed by atoms with van der Waals surface area (Å²) in [6.07, 6.45) is 2.80. The maximum Gasteiger partial charge on any atom is 0.325 e. The smallest absolute Gasteiger partial charge is 0.325 e. The lowest BCUT2D eigenvalue weighted by Gasteiger charge is -2.46. The first-order valence-electron chi connectivity index (χ1n) is 24.5. The third-order valence-electron chi connectivity index (χ3n) is 13.0. The molecule has 1 aromatic rings. The van der Waals surface area contributed by atoms with Crippen LogP contribution >= 0.6 is 0 Å². The standard InChI is InChI=1S/C52H84N6O10/c1-45(2)21-35(22-46(3,4)53-45)65-39(59)29-57(30-40(60)66-36-23-47(5,6)54-48(7,8)24-36)43(63)33-17-19-34(20-18-33)44(64)58(31-41(61)67-37-25-49(9,10)55-50(11,12)26-37)32-42(62)68-38-27-51(13,14)56-52(15,16)28-38/h17-20,35-38,53-56H,21-32H2,1-16H3.